The molecule has 0 aliphatic carbocycles. The lowest BCUT2D eigenvalue weighted by atomic mass is 10.2. The van der Waals surface area contributed by atoms with E-state index in [0.717, 1.165) is 42.7 Å². The highest BCUT2D eigenvalue weighted by atomic mass is 32.2. The molecule has 2 heterocycles. The van der Waals surface area contributed by atoms with Crippen LogP contribution >= 0.6 is 11.8 Å². The summed E-state index contributed by atoms with van der Waals surface area (Å²) in [4.78, 5) is 21.1. The molecule has 0 radical (unpaired) electrons. The highest BCUT2D eigenvalue weighted by Crippen LogP contribution is 2.24. The van der Waals surface area contributed by atoms with Crippen LogP contribution in [0.3, 0.4) is 0 Å². The van der Waals surface area contributed by atoms with Crippen LogP contribution < -0.4 is 10.6 Å². The summed E-state index contributed by atoms with van der Waals surface area (Å²) in [7, 11) is 0. The van der Waals surface area contributed by atoms with Gasteiger partial charge in [-0.05, 0) is 31.9 Å². The Labute approximate surface area is 145 Å². The standard InChI is InChI=1S/C17H22N4O2S/c1-2-18-16-13-7-3-4-8-14(13)20-17(21-16)24-11-15(22)19-10-12-6-5-9-23-12/h3-4,7-8,12H,2,5-6,9-11H2,1H3,(H,19,22)(H,18,20,21)/t12-/m0/s1. The number of hydrogen-bond donors (Lipinski definition) is 2. The molecule has 1 aromatic carbocycles. The van der Waals surface area contributed by atoms with Gasteiger partial charge in [0, 0.05) is 25.1 Å². The van der Waals surface area contributed by atoms with Gasteiger partial charge in [-0.2, -0.15) is 0 Å². The van der Waals surface area contributed by atoms with Gasteiger partial charge in [0.15, 0.2) is 5.16 Å². The molecule has 0 bridgehead atoms. The lowest BCUT2D eigenvalue weighted by Gasteiger charge is -2.11. The van der Waals surface area contributed by atoms with Crippen molar-refractivity contribution in [2.75, 3.05) is 30.8 Å². The van der Waals surface area contributed by atoms with Crippen LogP contribution in [-0.2, 0) is 9.53 Å². The molecule has 24 heavy (non-hydrogen) atoms. The largest absolute Gasteiger partial charge is 0.376 e. The molecule has 2 N–H and O–H groups in total. The predicted molar refractivity (Wildman–Crippen MR) is 96.4 cm³/mol. The molecule has 2 aromatic rings. The third-order valence-electron chi connectivity index (χ3n) is 3.81. The molecule has 3 rings (SSSR count). The summed E-state index contributed by atoms with van der Waals surface area (Å²) in [6.07, 6.45) is 2.26. The van der Waals surface area contributed by atoms with Crippen LogP contribution in [0, 0.1) is 0 Å². The lowest BCUT2D eigenvalue weighted by molar-refractivity contribution is -0.119. The number of ether oxygens (including phenoxy) is 1. The minimum atomic E-state index is -0.0164. The molecule has 0 spiro atoms. The summed E-state index contributed by atoms with van der Waals surface area (Å²) in [6.45, 7) is 4.20. The molecule has 0 saturated carbocycles. The first-order valence-corrected chi connectivity index (χ1v) is 9.26. The van der Waals surface area contributed by atoms with Gasteiger partial charge in [0.05, 0.1) is 17.4 Å². The summed E-state index contributed by atoms with van der Waals surface area (Å²) in [5.74, 6) is 1.10. The van der Waals surface area contributed by atoms with Crippen LogP contribution in [0.4, 0.5) is 5.82 Å². The molecule has 7 heteroatoms. The molecule has 1 amide bonds. The van der Waals surface area contributed by atoms with Crippen molar-refractivity contribution in [2.45, 2.75) is 31.0 Å². The maximum absolute atomic E-state index is 12.0. The molecular weight excluding hydrogens is 324 g/mol. The summed E-state index contributed by atoms with van der Waals surface area (Å²) in [6, 6.07) is 7.88. The first kappa shape index (κ1) is 17.0. The minimum absolute atomic E-state index is 0.0164. The minimum Gasteiger partial charge on any atom is -0.376 e. The van der Waals surface area contributed by atoms with E-state index in [4.69, 9.17) is 4.74 Å². The van der Waals surface area contributed by atoms with Crippen LogP contribution in [0.2, 0.25) is 0 Å². The van der Waals surface area contributed by atoms with E-state index < -0.39 is 0 Å². The summed E-state index contributed by atoms with van der Waals surface area (Å²) >= 11 is 1.35. The fourth-order valence-electron chi connectivity index (χ4n) is 2.64. The second-order valence-electron chi connectivity index (χ2n) is 5.63. The molecule has 128 valence electrons. The maximum Gasteiger partial charge on any atom is 0.230 e. The van der Waals surface area contributed by atoms with E-state index in [2.05, 4.69) is 20.6 Å². The van der Waals surface area contributed by atoms with E-state index in [1.54, 1.807) is 0 Å². The number of anilines is 1. The summed E-state index contributed by atoms with van der Waals surface area (Å²) in [5.41, 5.74) is 0.880. The zero-order valence-electron chi connectivity index (χ0n) is 13.7. The van der Waals surface area contributed by atoms with Gasteiger partial charge < -0.3 is 15.4 Å². The van der Waals surface area contributed by atoms with Crippen molar-refractivity contribution in [2.24, 2.45) is 0 Å². The number of carbonyl (C=O) groups is 1. The Bertz CT molecular complexity index is 704. The fraction of sp³-hybridized carbons (Fsp3) is 0.471. The van der Waals surface area contributed by atoms with Crippen LogP contribution in [0.5, 0.6) is 0 Å². The second kappa shape index (κ2) is 8.30. The van der Waals surface area contributed by atoms with Gasteiger partial charge >= 0.3 is 0 Å². The highest BCUT2D eigenvalue weighted by molar-refractivity contribution is 7.99. The number of thioether (sulfide) groups is 1. The number of rotatable bonds is 7. The van der Waals surface area contributed by atoms with Gasteiger partial charge in [-0.25, -0.2) is 9.97 Å². The van der Waals surface area contributed by atoms with Gasteiger partial charge in [0.2, 0.25) is 5.91 Å². The Morgan fingerprint density at radius 2 is 2.25 bits per heavy atom. The number of benzene rings is 1. The van der Waals surface area contributed by atoms with Crippen molar-refractivity contribution < 1.29 is 9.53 Å². The summed E-state index contributed by atoms with van der Waals surface area (Å²) < 4.78 is 5.50. The molecule has 6 nitrogen and oxygen atoms in total. The lowest BCUT2D eigenvalue weighted by Crippen LogP contribution is -2.32. The maximum atomic E-state index is 12.0. The average molecular weight is 346 g/mol. The van der Waals surface area contributed by atoms with E-state index in [0.29, 0.717) is 17.5 Å². The van der Waals surface area contributed by atoms with E-state index in [-0.39, 0.29) is 12.0 Å². The number of para-hydroxylation sites is 1. The predicted octanol–water partition coefficient (Wildman–Crippen LogP) is 2.45. The third-order valence-corrected chi connectivity index (χ3v) is 4.66. The molecule has 1 fully saturated rings. The molecule has 1 aliphatic rings. The van der Waals surface area contributed by atoms with Crippen LogP contribution in [0.25, 0.3) is 10.9 Å². The highest BCUT2D eigenvalue weighted by Gasteiger charge is 2.16. The van der Waals surface area contributed by atoms with Crippen molar-refractivity contribution in [1.29, 1.82) is 0 Å². The monoisotopic (exact) mass is 346 g/mol. The Balaban J connectivity index is 1.60. The smallest absolute Gasteiger partial charge is 0.230 e. The zero-order valence-corrected chi connectivity index (χ0v) is 14.6. The third kappa shape index (κ3) is 4.36. The topological polar surface area (TPSA) is 76.1 Å². The van der Waals surface area contributed by atoms with Crippen LogP contribution in [0.15, 0.2) is 29.4 Å². The number of hydrogen-bond acceptors (Lipinski definition) is 6. The molecular formula is C17H22N4O2S. The van der Waals surface area contributed by atoms with E-state index in [1.807, 2.05) is 31.2 Å². The zero-order chi connectivity index (χ0) is 16.8. The van der Waals surface area contributed by atoms with Crippen molar-refractivity contribution in [3.63, 3.8) is 0 Å². The van der Waals surface area contributed by atoms with E-state index in [9.17, 15) is 4.79 Å². The normalized spacial score (nSPS) is 17.1. The Morgan fingerprint density at radius 3 is 3.04 bits per heavy atom. The SMILES string of the molecule is CCNc1nc(SCC(=O)NC[C@@H]2CCCO2)nc2ccccc12. The molecule has 1 aromatic heterocycles. The summed E-state index contributed by atoms with van der Waals surface area (Å²) in [5, 5.41) is 7.78. The van der Waals surface area contributed by atoms with Crippen LogP contribution in [-0.4, -0.2) is 47.4 Å². The second-order valence-corrected chi connectivity index (χ2v) is 6.57. The Morgan fingerprint density at radius 1 is 1.38 bits per heavy atom. The van der Waals surface area contributed by atoms with E-state index in [1.165, 1.54) is 11.8 Å². The Kier molecular flexibility index (Phi) is 5.87. The number of aromatic nitrogens is 2. The number of nitrogens with one attached hydrogen (secondary N) is 2. The van der Waals surface area contributed by atoms with E-state index >= 15 is 0 Å². The molecule has 1 saturated heterocycles. The first-order chi connectivity index (χ1) is 11.8. The van der Waals surface area contributed by atoms with Crippen molar-refractivity contribution in [1.82, 2.24) is 15.3 Å². The molecule has 1 aliphatic heterocycles. The van der Waals surface area contributed by atoms with Crippen molar-refractivity contribution >= 4 is 34.4 Å². The Hall–Kier alpha value is -1.86. The van der Waals surface area contributed by atoms with Gasteiger partial charge in [0.1, 0.15) is 5.82 Å². The fourth-order valence-corrected chi connectivity index (χ4v) is 3.32. The van der Waals surface area contributed by atoms with Gasteiger partial charge in [-0.15, -0.1) is 0 Å². The quantitative estimate of drug-likeness (QED) is 0.592. The number of fused-ring (bicyclic) bond motifs is 1. The average Bonchev–Trinajstić information content (AvgIpc) is 3.12. The van der Waals surface area contributed by atoms with Crippen molar-refractivity contribution in [3.8, 4) is 0 Å². The van der Waals surface area contributed by atoms with Crippen LogP contribution in [0.1, 0.15) is 19.8 Å². The molecule has 0 unspecified atom stereocenters. The first-order valence-electron chi connectivity index (χ1n) is 8.28. The number of carbonyl (C=O) groups excluding carboxylic acids is 1. The van der Waals surface area contributed by atoms with Crippen molar-refractivity contribution in [3.05, 3.63) is 24.3 Å². The number of amides is 1. The van der Waals surface area contributed by atoms with Gasteiger partial charge in [-0.1, -0.05) is 23.9 Å². The number of nitrogens with zero attached hydrogens (tertiary/aromatic N) is 2. The molecule has 1 atom stereocenters. The van der Waals surface area contributed by atoms with Gasteiger partial charge in [0.25, 0.3) is 0 Å². The van der Waals surface area contributed by atoms with Gasteiger partial charge in [-0.3, -0.25) is 4.79 Å².